The highest BCUT2D eigenvalue weighted by Crippen LogP contribution is 2.47. The monoisotopic (exact) mass is 597 g/mol. The third-order valence-electron chi connectivity index (χ3n) is 9.67. The lowest BCUT2D eigenvalue weighted by atomic mass is 9.69. The van der Waals surface area contributed by atoms with Crippen LogP contribution >= 0.6 is 0 Å². The summed E-state index contributed by atoms with van der Waals surface area (Å²) >= 11 is 0. The van der Waals surface area contributed by atoms with E-state index in [1.807, 2.05) is 32.9 Å². The second-order valence-electron chi connectivity index (χ2n) is 14.0. The number of carbonyl (C=O) groups excluding carboxylic acids is 1. The summed E-state index contributed by atoms with van der Waals surface area (Å²) in [7, 11) is 0. The Morgan fingerprint density at radius 2 is 1.57 bits per heavy atom. The number of likely N-dealkylation sites (tertiary alicyclic amines) is 1. The number of phenolic OH excluding ortho intramolecular Hbond substituents is 1. The molecule has 0 unspecified atom stereocenters. The molecule has 7 nitrogen and oxygen atoms in total. The van der Waals surface area contributed by atoms with Gasteiger partial charge in [0.05, 0.1) is 5.60 Å². The molecule has 3 aliphatic rings. The number of aryl methyl sites for hydroxylation is 1. The molecule has 2 aliphatic heterocycles. The van der Waals surface area contributed by atoms with Crippen molar-refractivity contribution in [3.05, 3.63) is 95.1 Å². The normalized spacial score (nSPS) is 22.4. The number of hydrogen-bond acceptors (Lipinski definition) is 6. The Bertz CT molecular complexity index is 1420. The zero-order chi connectivity index (χ0) is 30.9. The number of piperazine rings is 1. The van der Waals surface area contributed by atoms with Crippen LogP contribution in [0.25, 0.3) is 0 Å². The molecule has 2 N–H and O–H groups in total. The molecule has 2 atom stereocenters. The van der Waals surface area contributed by atoms with Crippen molar-refractivity contribution < 1.29 is 19.7 Å². The van der Waals surface area contributed by atoms with Crippen LogP contribution in [0.3, 0.4) is 0 Å². The van der Waals surface area contributed by atoms with Crippen molar-refractivity contribution in [3.8, 4) is 5.75 Å². The molecular weight excluding hydrogens is 550 g/mol. The van der Waals surface area contributed by atoms with Gasteiger partial charge < -0.3 is 24.7 Å². The number of β-amino-alcohol motifs (C(OH)–C–C–N with tert-alkyl or cyclic N) is 1. The third-order valence-corrected chi connectivity index (χ3v) is 9.67. The number of anilines is 1. The van der Waals surface area contributed by atoms with Crippen molar-refractivity contribution >= 4 is 11.8 Å². The highest BCUT2D eigenvalue weighted by atomic mass is 16.6. The number of fused-ring (bicyclic) bond motifs is 1. The Morgan fingerprint density at radius 1 is 0.886 bits per heavy atom. The van der Waals surface area contributed by atoms with Crippen molar-refractivity contribution in [1.82, 2.24) is 9.80 Å². The van der Waals surface area contributed by atoms with Gasteiger partial charge in [-0.15, -0.1) is 0 Å². The summed E-state index contributed by atoms with van der Waals surface area (Å²) < 4.78 is 5.52. The molecule has 7 heteroatoms. The van der Waals surface area contributed by atoms with Crippen LogP contribution in [0.1, 0.15) is 74.1 Å². The zero-order valence-electron chi connectivity index (χ0n) is 26.4. The Labute approximate surface area is 262 Å². The molecule has 3 aromatic rings. The number of carbonyl (C=O) groups is 1. The lowest BCUT2D eigenvalue weighted by molar-refractivity contribution is -0.0507. The van der Waals surface area contributed by atoms with E-state index in [-0.39, 0.29) is 12.0 Å². The van der Waals surface area contributed by atoms with Gasteiger partial charge in [0.25, 0.3) is 0 Å². The SMILES string of the molecule is CC(C)(C)OC(=O)N1CCC(O)(CN2CCN(c3ccc([C@@H]4c5ccc(O)cc5CC[C@@H]4c4ccccc4)cc3)CC2)CC1. The lowest BCUT2D eigenvalue weighted by Gasteiger charge is -2.43. The predicted molar refractivity (Wildman–Crippen MR) is 175 cm³/mol. The van der Waals surface area contributed by atoms with Crippen molar-refractivity contribution in [2.75, 3.05) is 50.7 Å². The first-order valence-electron chi connectivity index (χ1n) is 16.2. The molecule has 0 aromatic heterocycles. The fraction of sp³-hybridized carbons (Fsp3) is 0.486. The minimum absolute atomic E-state index is 0.245. The van der Waals surface area contributed by atoms with Gasteiger partial charge in [-0.25, -0.2) is 4.79 Å². The number of benzene rings is 3. The van der Waals surface area contributed by atoms with Gasteiger partial charge >= 0.3 is 6.09 Å². The first kappa shape index (κ1) is 30.5. The summed E-state index contributed by atoms with van der Waals surface area (Å²) in [6.07, 6.45) is 2.88. The van der Waals surface area contributed by atoms with E-state index in [9.17, 15) is 15.0 Å². The van der Waals surface area contributed by atoms with Crippen LogP contribution in [0.4, 0.5) is 10.5 Å². The molecule has 0 saturated carbocycles. The molecule has 0 bridgehead atoms. The van der Waals surface area contributed by atoms with E-state index in [2.05, 4.69) is 70.5 Å². The van der Waals surface area contributed by atoms with Gasteiger partial charge in [-0.05, 0) is 98.9 Å². The van der Waals surface area contributed by atoms with Crippen LogP contribution < -0.4 is 4.90 Å². The number of ether oxygens (including phenoxy) is 1. The number of rotatable bonds is 5. The smallest absolute Gasteiger partial charge is 0.410 e. The van der Waals surface area contributed by atoms with E-state index in [1.165, 1.54) is 27.9 Å². The maximum atomic E-state index is 12.4. The van der Waals surface area contributed by atoms with Crippen molar-refractivity contribution in [2.24, 2.45) is 0 Å². The standard InChI is InChI=1S/C37H47N3O4/c1-36(2,3)44-35(42)40-19-17-37(43,18-20-40)26-38-21-23-39(24-22-38)30-12-9-28(10-13-30)34-32(27-7-5-4-6-8-27)15-11-29-25-31(41)14-16-33(29)34/h4-10,12-14,16,25,32,34,41,43H,11,15,17-24,26H2,1-3H3/t32-,34+/m1/s1. The van der Waals surface area contributed by atoms with Gasteiger partial charge in [0.15, 0.2) is 0 Å². The molecule has 2 heterocycles. The number of phenols is 1. The Kier molecular flexibility index (Phi) is 8.62. The summed E-state index contributed by atoms with van der Waals surface area (Å²) in [4.78, 5) is 19.0. The Balaban J connectivity index is 1.07. The number of piperidine rings is 1. The molecule has 0 spiro atoms. The van der Waals surface area contributed by atoms with E-state index < -0.39 is 11.2 Å². The minimum atomic E-state index is -0.773. The molecule has 234 valence electrons. The van der Waals surface area contributed by atoms with Crippen LogP contribution in [-0.2, 0) is 11.2 Å². The van der Waals surface area contributed by atoms with E-state index in [0.29, 0.717) is 44.1 Å². The van der Waals surface area contributed by atoms with Gasteiger partial charge in [0, 0.05) is 57.4 Å². The van der Waals surface area contributed by atoms with Crippen molar-refractivity contribution in [2.45, 2.75) is 69.5 Å². The molecule has 1 amide bonds. The zero-order valence-corrected chi connectivity index (χ0v) is 26.4. The number of amides is 1. The molecule has 3 aromatic carbocycles. The summed E-state index contributed by atoms with van der Waals surface area (Å²) in [5.41, 5.74) is 5.20. The van der Waals surface area contributed by atoms with E-state index in [0.717, 1.165) is 39.0 Å². The van der Waals surface area contributed by atoms with Crippen molar-refractivity contribution in [1.29, 1.82) is 0 Å². The van der Waals surface area contributed by atoms with Crippen LogP contribution in [0.5, 0.6) is 5.75 Å². The highest BCUT2D eigenvalue weighted by molar-refractivity contribution is 5.68. The first-order chi connectivity index (χ1) is 21.1. The minimum Gasteiger partial charge on any atom is -0.508 e. The molecular formula is C37H47N3O4. The molecule has 0 radical (unpaired) electrons. The number of aliphatic hydroxyl groups is 1. The van der Waals surface area contributed by atoms with Crippen molar-refractivity contribution in [3.63, 3.8) is 0 Å². The fourth-order valence-electron chi connectivity index (χ4n) is 7.34. The number of nitrogens with zero attached hydrogens (tertiary/aromatic N) is 3. The molecule has 44 heavy (non-hydrogen) atoms. The maximum absolute atomic E-state index is 12.4. The molecule has 2 fully saturated rings. The van der Waals surface area contributed by atoms with Crippen LogP contribution in [0, 0.1) is 0 Å². The summed E-state index contributed by atoms with van der Waals surface area (Å²) in [6, 6.07) is 25.9. The van der Waals surface area contributed by atoms with Gasteiger partial charge in [0.2, 0.25) is 0 Å². The van der Waals surface area contributed by atoms with E-state index >= 15 is 0 Å². The molecule has 2 saturated heterocycles. The third kappa shape index (κ3) is 6.89. The summed E-state index contributed by atoms with van der Waals surface area (Å²) in [6.45, 7) is 10.9. The molecule has 1 aliphatic carbocycles. The fourth-order valence-corrected chi connectivity index (χ4v) is 7.34. The first-order valence-corrected chi connectivity index (χ1v) is 16.2. The Morgan fingerprint density at radius 3 is 2.23 bits per heavy atom. The quantitative estimate of drug-likeness (QED) is 0.368. The van der Waals surface area contributed by atoms with Crippen LogP contribution in [-0.4, -0.2) is 83.1 Å². The number of aromatic hydroxyl groups is 1. The van der Waals surface area contributed by atoms with Crippen LogP contribution in [0.15, 0.2) is 72.8 Å². The largest absolute Gasteiger partial charge is 0.508 e. The average Bonchev–Trinajstić information content (AvgIpc) is 3.01. The van der Waals surface area contributed by atoms with Crippen LogP contribution in [0.2, 0.25) is 0 Å². The highest BCUT2D eigenvalue weighted by Gasteiger charge is 2.37. The lowest BCUT2D eigenvalue weighted by Crippen LogP contribution is -2.56. The second-order valence-corrected chi connectivity index (χ2v) is 14.0. The Hall–Kier alpha value is -3.55. The van der Waals surface area contributed by atoms with E-state index in [1.54, 1.807) is 4.90 Å². The topological polar surface area (TPSA) is 76.5 Å². The maximum Gasteiger partial charge on any atom is 0.410 e. The van der Waals surface area contributed by atoms with Gasteiger partial charge in [0.1, 0.15) is 11.4 Å². The summed E-state index contributed by atoms with van der Waals surface area (Å²) in [5, 5.41) is 21.5. The van der Waals surface area contributed by atoms with Gasteiger partial charge in [-0.1, -0.05) is 48.5 Å². The number of hydrogen-bond donors (Lipinski definition) is 2. The molecule has 6 rings (SSSR count). The predicted octanol–water partition coefficient (Wildman–Crippen LogP) is 6.14. The summed E-state index contributed by atoms with van der Waals surface area (Å²) in [5.74, 6) is 0.980. The second kappa shape index (κ2) is 12.4. The van der Waals surface area contributed by atoms with Gasteiger partial charge in [-0.3, -0.25) is 4.90 Å². The van der Waals surface area contributed by atoms with E-state index in [4.69, 9.17) is 4.74 Å². The van der Waals surface area contributed by atoms with Gasteiger partial charge in [-0.2, -0.15) is 0 Å². The average molecular weight is 598 g/mol.